The van der Waals surface area contributed by atoms with E-state index >= 15 is 0 Å². The molecule has 0 saturated heterocycles. The Kier molecular flexibility index (Phi) is 5.97. The van der Waals surface area contributed by atoms with Crippen LogP contribution in [-0.4, -0.2) is 20.8 Å². The van der Waals surface area contributed by atoms with Gasteiger partial charge in [0.15, 0.2) is 0 Å². The summed E-state index contributed by atoms with van der Waals surface area (Å²) in [6.45, 7) is 3.93. The Morgan fingerprint density at radius 3 is 2.65 bits per heavy atom. The van der Waals surface area contributed by atoms with Crippen LogP contribution in [0.15, 0.2) is 24.0 Å². The molecule has 5 nitrogen and oxygen atoms in total. The zero-order valence-electron chi connectivity index (χ0n) is 16.1. The molecular weight excluding hydrogens is 324 g/mol. The predicted octanol–water partition coefficient (Wildman–Crippen LogP) is 4.15. The molecule has 5 heteroatoms. The van der Waals surface area contributed by atoms with Gasteiger partial charge in [-0.15, -0.1) is 0 Å². The largest absolute Gasteiger partial charge is 0.402 e. The molecule has 4 N–H and O–H groups in total. The van der Waals surface area contributed by atoms with Gasteiger partial charge in [-0.05, 0) is 50.2 Å². The maximum absolute atomic E-state index is 10.9. The quantitative estimate of drug-likeness (QED) is 0.667. The highest BCUT2D eigenvalue weighted by Gasteiger charge is 2.27. The number of aliphatic hydroxyl groups is 1. The first-order chi connectivity index (χ1) is 12.5. The van der Waals surface area contributed by atoms with Crippen LogP contribution in [0.5, 0.6) is 0 Å². The van der Waals surface area contributed by atoms with Gasteiger partial charge in [-0.1, -0.05) is 45.1 Å². The highest BCUT2D eigenvalue weighted by Crippen LogP contribution is 2.32. The number of hydrogen-bond donors (Lipinski definition) is 3. The normalized spacial score (nSPS) is 20.9. The summed E-state index contributed by atoms with van der Waals surface area (Å²) in [6, 6.07) is 0. The number of nitrogens with two attached hydrogens (primary N) is 1. The van der Waals surface area contributed by atoms with E-state index < -0.39 is 5.72 Å². The Morgan fingerprint density at radius 2 is 2.00 bits per heavy atom. The van der Waals surface area contributed by atoms with Crippen molar-refractivity contribution in [2.45, 2.75) is 77.4 Å². The van der Waals surface area contributed by atoms with Gasteiger partial charge in [-0.2, -0.15) is 0 Å². The maximum atomic E-state index is 10.9. The lowest BCUT2D eigenvalue weighted by Crippen LogP contribution is -2.38. The van der Waals surface area contributed by atoms with E-state index in [1.807, 2.05) is 19.1 Å². The van der Waals surface area contributed by atoms with Crippen LogP contribution in [0.25, 0.3) is 5.57 Å². The van der Waals surface area contributed by atoms with Crippen molar-refractivity contribution in [3.63, 3.8) is 0 Å². The third kappa shape index (κ3) is 4.85. The second-order valence-corrected chi connectivity index (χ2v) is 7.94. The first kappa shape index (κ1) is 18.9. The third-order valence-electron chi connectivity index (χ3n) is 5.49. The molecule has 0 aromatic carbocycles. The summed E-state index contributed by atoms with van der Waals surface area (Å²) in [5.41, 5.74) is 8.77. The van der Waals surface area contributed by atoms with Crippen molar-refractivity contribution in [2.24, 2.45) is 11.7 Å². The molecule has 0 radical (unpaired) electrons. The van der Waals surface area contributed by atoms with Crippen molar-refractivity contribution in [3.05, 3.63) is 35.4 Å². The van der Waals surface area contributed by atoms with Gasteiger partial charge in [0.25, 0.3) is 0 Å². The molecule has 1 heterocycles. The molecule has 3 rings (SSSR count). The van der Waals surface area contributed by atoms with Crippen LogP contribution in [0, 0.1) is 5.92 Å². The Hall–Kier alpha value is -1.88. The highest BCUT2D eigenvalue weighted by molar-refractivity contribution is 5.66. The van der Waals surface area contributed by atoms with Gasteiger partial charge in [0.2, 0.25) is 0 Å². The Labute approximate surface area is 156 Å². The average Bonchev–Trinajstić information content (AvgIpc) is 2.63. The van der Waals surface area contributed by atoms with Crippen LogP contribution in [-0.2, 0) is 6.42 Å². The molecule has 1 fully saturated rings. The summed E-state index contributed by atoms with van der Waals surface area (Å²) in [5.74, 6) is 1.29. The van der Waals surface area contributed by atoms with Crippen molar-refractivity contribution in [3.8, 4) is 0 Å². The molecule has 1 saturated carbocycles. The molecule has 1 aromatic heterocycles. The van der Waals surface area contributed by atoms with E-state index in [9.17, 15) is 5.11 Å². The number of aryl methyl sites for hydroxylation is 1. The van der Waals surface area contributed by atoms with E-state index in [1.54, 1.807) is 6.20 Å². The first-order valence-corrected chi connectivity index (χ1v) is 9.99. The van der Waals surface area contributed by atoms with Crippen molar-refractivity contribution >= 4 is 11.4 Å². The van der Waals surface area contributed by atoms with E-state index in [1.165, 1.54) is 37.7 Å². The molecule has 26 heavy (non-hydrogen) atoms. The summed E-state index contributed by atoms with van der Waals surface area (Å²) >= 11 is 0. The van der Waals surface area contributed by atoms with Gasteiger partial charge in [0, 0.05) is 5.70 Å². The van der Waals surface area contributed by atoms with Crippen molar-refractivity contribution in [1.82, 2.24) is 9.97 Å². The Bertz CT molecular complexity index is 687. The average molecular weight is 357 g/mol. The number of hydrogen-bond acceptors (Lipinski definition) is 5. The molecule has 2 aliphatic rings. The SMILES string of the molecule is CCc1nc(C2=CC=C(N)CC2)cnc1NC(C)(O)CC1CCCCC1. The molecule has 0 bridgehead atoms. The molecule has 0 spiro atoms. The van der Waals surface area contributed by atoms with Crippen LogP contribution >= 0.6 is 0 Å². The summed E-state index contributed by atoms with van der Waals surface area (Å²) < 4.78 is 0. The van der Waals surface area contributed by atoms with E-state index in [4.69, 9.17) is 10.7 Å². The Morgan fingerprint density at radius 1 is 1.23 bits per heavy atom. The molecule has 1 atom stereocenters. The second-order valence-electron chi connectivity index (χ2n) is 7.94. The summed E-state index contributed by atoms with van der Waals surface area (Å²) in [4.78, 5) is 9.39. The lowest BCUT2D eigenvalue weighted by atomic mass is 9.84. The molecular formula is C21H32N4O. The highest BCUT2D eigenvalue weighted by atomic mass is 16.3. The van der Waals surface area contributed by atoms with E-state index in [2.05, 4.69) is 17.2 Å². The van der Waals surface area contributed by atoms with Crippen molar-refractivity contribution in [1.29, 1.82) is 0 Å². The summed E-state index contributed by atoms with van der Waals surface area (Å²) in [6.07, 6.45) is 15.4. The lowest BCUT2D eigenvalue weighted by Gasteiger charge is -2.32. The monoisotopic (exact) mass is 356 g/mol. The van der Waals surface area contributed by atoms with Crippen LogP contribution in [0.3, 0.4) is 0 Å². The fourth-order valence-corrected chi connectivity index (χ4v) is 4.06. The van der Waals surface area contributed by atoms with Gasteiger partial charge < -0.3 is 16.2 Å². The number of nitrogens with zero attached hydrogens (tertiary/aromatic N) is 2. The standard InChI is InChI=1S/C21H32N4O/c1-3-18-20(25-21(2,26)13-15-7-5-4-6-8-15)23-14-19(24-18)16-9-11-17(22)12-10-16/h9,11,14-15,26H,3-8,10,12-13,22H2,1-2H3,(H,23,25). The lowest BCUT2D eigenvalue weighted by molar-refractivity contribution is 0.0541. The predicted molar refractivity (Wildman–Crippen MR) is 106 cm³/mol. The minimum atomic E-state index is -0.955. The zero-order chi connectivity index (χ0) is 18.6. The van der Waals surface area contributed by atoms with Gasteiger partial charge in [0.05, 0.1) is 17.6 Å². The second kappa shape index (κ2) is 8.21. The van der Waals surface area contributed by atoms with Gasteiger partial charge in [-0.3, -0.25) is 0 Å². The van der Waals surface area contributed by atoms with E-state index in [0.717, 1.165) is 42.8 Å². The fraction of sp³-hybridized carbons (Fsp3) is 0.619. The number of allylic oxidation sites excluding steroid dienone is 4. The topological polar surface area (TPSA) is 84.1 Å². The number of aromatic nitrogens is 2. The van der Waals surface area contributed by atoms with E-state index in [-0.39, 0.29) is 0 Å². The Balaban J connectivity index is 1.73. The first-order valence-electron chi connectivity index (χ1n) is 9.99. The third-order valence-corrected chi connectivity index (χ3v) is 5.49. The molecule has 0 amide bonds. The number of rotatable bonds is 6. The van der Waals surface area contributed by atoms with Crippen LogP contribution in [0.2, 0.25) is 0 Å². The fourth-order valence-electron chi connectivity index (χ4n) is 4.06. The van der Waals surface area contributed by atoms with E-state index in [0.29, 0.717) is 11.7 Å². The number of anilines is 1. The molecule has 0 aliphatic heterocycles. The summed E-state index contributed by atoms with van der Waals surface area (Å²) in [5, 5.41) is 14.1. The van der Waals surface area contributed by atoms with Crippen molar-refractivity contribution < 1.29 is 5.11 Å². The molecule has 2 aliphatic carbocycles. The molecule has 142 valence electrons. The summed E-state index contributed by atoms with van der Waals surface area (Å²) in [7, 11) is 0. The van der Waals surface area contributed by atoms with Crippen LogP contribution in [0.1, 0.15) is 76.6 Å². The zero-order valence-corrected chi connectivity index (χ0v) is 16.1. The smallest absolute Gasteiger partial charge is 0.149 e. The molecule has 1 unspecified atom stereocenters. The molecule has 1 aromatic rings. The van der Waals surface area contributed by atoms with Crippen LogP contribution < -0.4 is 11.1 Å². The van der Waals surface area contributed by atoms with Crippen molar-refractivity contribution in [2.75, 3.05) is 5.32 Å². The van der Waals surface area contributed by atoms with Gasteiger partial charge in [-0.25, -0.2) is 9.97 Å². The van der Waals surface area contributed by atoms with Gasteiger partial charge >= 0.3 is 0 Å². The minimum Gasteiger partial charge on any atom is -0.402 e. The minimum absolute atomic E-state index is 0.591. The van der Waals surface area contributed by atoms with Gasteiger partial charge in [0.1, 0.15) is 11.5 Å². The maximum Gasteiger partial charge on any atom is 0.149 e. The van der Waals surface area contributed by atoms with Crippen LogP contribution in [0.4, 0.5) is 5.82 Å². The number of nitrogens with one attached hydrogen (secondary N) is 1.